The first-order valence-corrected chi connectivity index (χ1v) is 10.4. The molecule has 0 unspecified atom stereocenters. The highest BCUT2D eigenvalue weighted by Crippen LogP contribution is 2.38. The molecule has 0 radical (unpaired) electrons. The van der Waals surface area contributed by atoms with Crippen LogP contribution in [0, 0.1) is 17.5 Å². The van der Waals surface area contributed by atoms with Gasteiger partial charge in [-0.15, -0.1) is 0 Å². The van der Waals surface area contributed by atoms with E-state index in [0.29, 0.717) is 18.7 Å². The zero-order chi connectivity index (χ0) is 24.6. The Morgan fingerprint density at radius 3 is 2.68 bits per heavy atom. The normalized spacial score (nSPS) is 17.8. The standard InChI is InChI=1S/C23H22F3N5O3/c1-34-18-5-3-16(25)20(26)19(18)23-29-8-15(21(30-23)22(28)33)14-6-11(24)2-4-17(14)31-9-12(27)7-13(31)10-32/h2-6,8,12-13,32H,7,9-10,27H2,1H3,(H2,28,33)/t12-,13-/m0/s1. The van der Waals surface area contributed by atoms with Gasteiger partial charge in [0.15, 0.2) is 17.5 Å². The van der Waals surface area contributed by atoms with Crippen LogP contribution in [0.4, 0.5) is 18.9 Å². The number of anilines is 1. The van der Waals surface area contributed by atoms with E-state index in [1.54, 1.807) is 0 Å². The summed E-state index contributed by atoms with van der Waals surface area (Å²) >= 11 is 0. The molecule has 11 heteroatoms. The average Bonchev–Trinajstić information content (AvgIpc) is 3.20. The van der Waals surface area contributed by atoms with Gasteiger partial charge in [-0.1, -0.05) is 0 Å². The van der Waals surface area contributed by atoms with Crippen molar-refractivity contribution in [1.82, 2.24) is 9.97 Å². The number of nitrogens with zero attached hydrogens (tertiary/aromatic N) is 3. The topological polar surface area (TPSA) is 128 Å². The van der Waals surface area contributed by atoms with Gasteiger partial charge in [0, 0.05) is 35.6 Å². The number of hydrogen-bond acceptors (Lipinski definition) is 7. The Kier molecular flexibility index (Phi) is 6.40. The molecule has 178 valence electrons. The number of carbonyl (C=O) groups is 1. The molecule has 0 bridgehead atoms. The summed E-state index contributed by atoms with van der Waals surface area (Å²) in [5, 5.41) is 9.79. The van der Waals surface area contributed by atoms with Crippen molar-refractivity contribution < 1.29 is 27.8 Å². The van der Waals surface area contributed by atoms with E-state index in [4.69, 9.17) is 16.2 Å². The van der Waals surface area contributed by atoms with Gasteiger partial charge in [-0.05, 0) is 36.8 Å². The quantitative estimate of drug-likeness (QED) is 0.501. The second kappa shape index (κ2) is 9.27. The van der Waals surface area contributed by atoms with Crippen molar-refractivity contribution in [2.45, 2.75) is 18.5 Å². The number of aromatic nitrogens is 2. The molecular weight excluding hydrogens is 451 g/mol. The number of hydrogen-bond donors (Lipinski definition) is 3. The predicted octanol–water partition coefficient (Wildman–Crippen LogP) is 2.23. The van der Waals surface area contributed by atoms with E-state index in [0.717, 1.165) is 6.07 Å². The fourth-order valence-corrected chi connectivity index (χ4v) is 4.19. The molecule has 0 saturated carbocycles. The highest BCUT2D eigenvalue weighted by molar-refractivity contribution is 6.00. The van der Waals surface area contributed by atoms with Gasteiger partial charge in [-0.25, -0.2) is 23.1 Å². The van der Waals surface area contributed by atoms with Crippen molar-refractivity contribution in [3.8, 4) is 28.3 Å². The summed E-state index contributed by atoms with van der Waals surface area (Å²) in [6, 6.07) is 5.48. The summed E-state index contributed by atoms with van der Waals surface area (Å²) in [5.41, 5.74) is 11.7. The molecule has 1 saturated heterocycles. The zero-order valence-corrected chi connectivity index (χ0v) is 18.1. The predicted molar refractivity (Wildman–Crippen MR) is 119 cm³/mol. The second-order valence-electron chi connectivity index (χ2n) is 7.90. The van der Waals surface area contributed by atoms with Crippen LogP contribution in [0.1, 0.15) is 16.9 Å². The third-order valence-corrected chi connectivity index (χ3v) is 5.74. The maximum Gasteiger partial charge on any atom is 0.268 e. The lowest BCUT2D eigenvalue weighted by molar-refractivity contribution is 0.0996. The number of methoxy groups -OCH3 is 1. The number of aliphatic hydroxyl groups excluding tert-OH is 1. The van der Waals surface area contributed by atoms with Crippen LogP contribution in [0.15, 0.2) is 36.5 Å². The van der Waals surface area contributed by atoms with Gasteiger partial charge in [0.2, 0.25) is 0 Å². The van der Waals surface area contributed by atoms with Crippen LogP contribution >= 0.6 is 0 Å². The Morgan fingerprint density at radius 2 is 2.00 bits per heavy atom. The molecule has 2 aromatic carbocycles. The monoisotopic (exact) mass is 473 g/mol. The van der Waals surface area contributed by atoms with Gasteiger partial charge in [-0.2, -0.15) is 0 Å². The lowest BCUT2D eigenvalue weighted by Crippen LogP contribution is -2.33. The van der Waals surface area contributed by atoms with Gasteiger partial charge in [0.1, 0.15) is 17.3 Å². The van der Waals surface area contributed by atoms with E-state index in [1.807, 2.05) is 4.90 Å². The van der Waals surface area contributed by atoms with Crippen LogP contribution in [-0.4, -0.2) is 53.3 Å². The third-order valence-electron chi connectivity index (χ3n) is 5.74. The Labute approximate surface area is 193 Å². The molecule has 1 aliphatic heterocycles. The van der Waals surface area contributed by atoms with Crippen LogP contribution < -0.4 is 21.1 Å². The summed E-state index contributed by atoms with van der Waals surface area (Å²) in [5.74, 6) is -4.38. The van der Waals surface area contributed by atoms with Crippen LogP contribution in [0.5, 0.6) is 5.75 Å². The van der Waals surface area contributed by atoms with Gasteiger partial charge >= 0.3 is 0 Å². The van der Waals surface area contributed by atoms with Crippen molar-refractivity contribution in [2.24, 2.45) is 11.5 Å². The average molecular weight is 473 g/mol. The maximum absolute atomic E-state index is 14.6. The minimum absolute atomic E-state index is 0.0506. The molecule has 1 aliphatic rings. The molecule has 4 rings (SSSR count). The van der Waals surface area contributed by atoms with E-state index in [-0.39, 0.29) is 52.6 Å². The number of amides is 1. The molecular formula is C23H22F3N5O3. The Bertz CT molecular complexity index is 1260. The molecule has 3 aromatic rings. The van der Waals surface area contributed by atoms with E-state index in [2.05, 4.69) is 9.97 Å². The molecule has 0 aliphatic carbocycles. The smallest absolute Gasteiger partial charge is 0.268 e. The molecule has 8 nitrogen and oxygen atoms in total. The van der Waals surface area contributed by atoms with Crippen LogP contribution in [0.25, 0.3) is 22.5 Å². The zero-order valence-electron chi connectivity index (χ0n) is 18.1. The van der Waals surface area contributed by atoms with Crippen molar-refractivity contribution in [1.29, 1.82) is 0 Å². The fourth-order valence-electron chi connectivity index (χ4n) is 4.19. The fraction of sp³-hybridized carbons (Fsp3) is 0.261. The first-order valence-electron chi connectivity index (χ1n) is 10.4. The number of benzene rings is 2. The summed E-state index contributed by atoms with van der Waals surface area (Å²) < 4.78 is 47.9. The first kappa shape index (κ1) is 23.5. The number of carbonyl (C=O) groups excluding carboxylic acids is 1. The summed E-state index contributed by atoms with van der Waals surface area (Å²) in [6.07, 6.45) is 1.71. The molecule has 1 amide bonds. The highest BCUT2D eigenvalue weighted by Gasteiger charge is 2.32. The van der Waals surface area contributed by atoms with Gasteiger partial charge in [0.25, 0.3) is 5.91 Å². The number of halogens is 3. The number of primary amides is 1. The van der Waals surface area contributed by atoms with Gasteiger partial charge in [0.05, 0.1) is 25.3 Å². The number of ether oxygens (including phenoxy) is 1. The van der Waals surface area contributed by atoms with Crippen molar-refractivity contribution >= 4 is 11.6 Å². The molecule has 34 heavy (non-hydrogen) atoms. The molecule has 2 atom stereocenters. The SMILES string of the molecule is COc1ccc(F)c(F)c1-c1ncc(-c2cc(F)ccc2N2C[C@@H](N)C[C@H]2CO)c(C(N)=O)n1. The molecule has 1 fully saturated rings. The molecule has 1 aromatic heterocycles. The number of nitrogens with two attached hydrogens (primary N) is 2. The van der Waals surface area contributed by atoms with Gasteiger partial charge in [-0.3, -0.25) is 4.79 Å². The van der Waals surface area contributed by atoms with E-state index in [9.17, 15) is 23.1 Å². The number of rotatable bonds is 6. The van der Waals surface area contributed by atoms with Crippen LogP contribution in [0.3, 0.4) is 0 Å². The van der Waals surface area contributed by atoms with E-state index in [1.165, 1.54) is 37.6 Å². The summed E-state index contributed by atoms with van der Waals surface area (Å²) in [4.78, 5) is 22.4. The van der Waals surface area contributed by atoms with E-state index < -0.39 is 23.4 Å². The Hall–Kier alpha value is -3.70. The highest BCUT2D eigenvalue weighted by atomic mass is 19.2. The molecule has 5 N–H and O–H groups in total. The van der Waals surface area contributed by atoms with Crippen molar-refractivity contribution in [3.63, 3.8) is 0 Å². The molecule has 0 spiro atoms. The lowest BCUT2D eigenvalue weighted by Gasteiger charge is -2.28. The van der Waals surface area contributed by atoms with Crippen LogP contribution in [0.2, 0.25) is 0 Å². The van der Waals surface area contributed by atoms with E-state index >= 15 is 0 Å². The number of aliphatic hydroxyl groups is 1. The molecule has 2 heterocycles. The second-order valence-corrected chi connectivity index (χ2v) is 7.90. The minimum Gasteiger partial charge on any atom is -0.496 e. The maximum atomic E-state index is 14.6. The van der Waals surface area contributed by atoms with Gasteiger partial charge < -0.3 is 26.2 Å². The Morgan fingerprint density at radius 1 is 1.24 bits per heavy atom. The third kappa shape index (κ3) is 4.15. The Balaban J connectivity index is 1.91. The summed E-state index contributed by atoms with van der Waals surface area (Å²) in [7, 11) is 1.26. The minimum atomic E-state index is -1.26. The first-order chi connectivity index (χ1) is 16.2. The van der Waals surface area contributed by atoms with Crippen LogP contribution in [-0.2, 0) is 0 Å². The summed E-state index contributed by atoms with van der Waals surface area (Å²) in [6.45, 7) is 0.210. The van der Waals surface area contributed by atoms with Crippen molar-refractivity contribution in [2.75, 3.05) is 25.2 Å². The van der Waals surface area contributed by atoms with Crippen molar-refractivity contribution in [3.05, 3.63) is 59.7 Å². The largest absolute Gasteiger partial charge is 0.496 e. The lowest BCUT2D eigenvalue weighted by atomic mass is 10.0.